The van der Waals surface area contributed by atoms with E-state index < -0.39 is 58.4 Å². The average molecular weight is 937 g/mol. The van der Waals surface area contributed by atoms with Crippen molar-refractivity contribution in [1.29, 1.82) is 0 Å². The summed E-state index contributed by atoms with van der Waals surface area (Å²) in [6.45, 7) is 2.18. The number of aliphatic hydroxyl groups excluding tert-OH is 2. The van der Waals surface area contributed by atoms with Crippen LogP contribution in [-0.2, 0) is 32.7 Å². The molecule has 3 N–H and O–H groups in total. The molecule has 0 rings (SSSR count). The molecule has 3 atom stereocenters. The average Bonchev–Trinajstić information content (AvgIpc) is 3.30. The summed E-state index contributed by atoms with van der Waals surface area (Å²) in [6, 6.07) is 0. The molecule has 378 valence electrons. The van der Waals surface area contributed by atoms with Crippen LogP contribution in [0.3, 0.4) is 0 Å². The number of rotatable bonds is 49. The van der Waals surface area contributed by atoms with Gasteiger partial charge in [0.1, 0.15) is 12.2 Å². The number of allylic oxidation sites excluding steroid dienone is 10. The predicted octanol–water partition coefficient (Wildman–Crippen LogP) is 15.0. The van der Waals surface area contributed by atoms with Crippen molar-refractivity contribution < 1.29 is 47.8 Å². The summed E-state index contributed by atoms with van der Waals surface area (Å²) >= 11 is 0. The van der Waals surface area contributed by atoms with Crippen LogP contribution < -0.4 is 0 Å². The lowest BCUT2D eigenvalue weighted by atomic mass is 10.0. The maximum atomic E-state index is 12.4. The van der Waals surface area contributed by atoms with E-state index in [9.17, 15) is 29.3 Å². The summed E-state index contributed by atoms with van der Waals surface area (Å²) in [4.78, 5) is 34.7. The van der Waals surface area contributed by atoms with Crippen molar-refractivity contribution >= 4 is 19.8 Å². The molecule has 0 fully saturated rings. The largest absolute Gasteiger partial charge is 0.472 e. The van der Waals surface area contributed by atoms with Crippen LogP contribution in [0, 0.1) is 0 Å². The second-order valence-corrected chi connectivity index (χ2v) is 19.0. The molecular weight excluding hydrogens is 840 g/mol. The third kappa shape index (κ3) is 48.0. The lowest BCUT2D eigenvalue weighted by Crippen LogP contribution is -2.28. The molecule has 0 aromatic rings. The third-order valence-corrected chi connectivity index (χ3v) is 12.2. The topological polar surface area (TPSA) is 149 Å². The summed E-state index contributed by atoms with van der Waals surface area (Å²) < 4.78 is 32.7. The molecule has 0 saturated carbocycles. The Morgan fingerprint density at radius 3 is 1.00 bits per heavy atom. The minimum Gasteiger partial charge on any atom is -0.457 e. The Labute approximate surface area is 397 Å². The van der Waals surface area contributed by atoms with E-state index >= 15 is 0 Å². The first-order valence-electron chi connectivity index (χ1n) is 26.2. The summed E-state index contributed by atoms with van der Waals surface area (Å²) in [6.07, 6.45) is 57.6. The minimum atomic E-state index is -4.65. The van der Waals surface area contributed by atoms with Crippen LogP contribution >= 0.6 is 7.82 Å². The first-order valence-corrected chi connectivity index (χ1v) is 27.7. The summed E-state index contributed by atoms with van der Waals surface area (Å²) in [5, 5.41) is 19.3. The Kier molecular flexibility index (Phi) is 47.8. The van der Waals surface area contributed by atoms with E-state index in [2.05, 4.69) is 74.6 Å². The number of phosphoric ester groups is 1. The fourth-order valence-electron chi connectivity index (χ4n) is 7.15. The second-order valence-electron chi connectivity index (χ2n) is 17.5. The molecule has 0 aromatic carbocycles. The zero-order valence-electron chi connectivity index (χ0n) is 41.4. The second kappa shape index (κ2) is 49.6. The van der Waals surface area contributed by atoms with Crippen molar-refractivity contribution in [3.63, 3.8) is 0 Å². The number of esters is 2. The molecule has 0 spiro atoms. The molecule has 0 heterocycles. The fraction of sp³-hybridized carbons (Fsp3) is 0.778. The smallest absolute Gasteiger partial charge is 0.457 e. The van der Waals surface area contributed by atoms with E-state index in [1.807, 2.05) is 0 Å². The first kappa shape index (κ1) is 62.7. The SMILES string of the molecule is CCCCC/C=C\C/C=C\C/C=C\CCCCCCCCC(=O)OC(CO)COP(=O)(O)OCC(CO)OC(=O)CCCCCCCCCCCCC/C=C\C/C=C\CCCCCCC. The van der Waals surface area contributed by atoms with Crippen molar-refractivity contribution in [2.75, 3.05) is 26.4 Å². The first-order chi connectivity index (χ1) is 31.8. The predicted molar refractivity (Wildman–Crippen MR) is 270 cm³/mol. The monoisotopic (exact) mass is 937 g/mol. The van der Waals surface area contributed by atoms with E-state index in [4.69, 9.17) is 18.5 Å². The van der Waals surface area contributed by atoms with E-state index in [-0.39, 0.29) is 12.8 Å². The Bertz CT molecular complexity index is 1260. The van der Waals surface area contributed by atoms with Gasteiger partial charge in [-0.25, -0.2) is 4.57 Å². The highest BCUT2D eigenvalue weighted by Gasteiger charge is 2.27. The lowest BCUT2D eigenvalue weighted by molar-refractivity contribution is -0.153. The highest BCUT2D eigenvalue weighted by molar-refractivity contribution is 7.47. The van der Waals surface area contributed by atoms with E-state index in [1.54, 1.807) is 0 Å². The van der Waals surface area contributed by atoms with Gasteiger partial charge in [0.2, 0.25) is 0 Å². The van der Waals surface area contributed by atoms with Crippen molar-refractivity contribution in [3.05, 3.63) is 60.8 Å². The van der Waals surface area contributed by atoms with Crippen molar-refractivity contribution in [2.45, 2.75) is 244 Å². The van der Waals surface area contributed by atoms with Gasteiger partial charge in [-0.15, -0.1) is 0 Å². The van der Waals surface area contributed by atoms with Gasteiger partial charge in [-0.3, -0.25) is 18.6 Å². The molecule has 11 heteroatoms. The van der Waals surface area contributed by atoms with Gasteiger partial charge in [-0.05, 0) is 83.5 Å². The van der Waals surface area contributed by atoms with E-state index in [1.165, 1.54) is 116 Å². The van der Waals surface area contributed by atoms with Gasteiger partial charge in [-0.2, -0.15) is 0 Å². The van der Waals surface area contributed by atoms with Gasteiger partial charge in [0.15, 0.2) is 0 Å². The number of hydrogen-bond donors (Lipinski definition) is 3. The number of unbranched alkanes of at least 4 members (excludes halogenated alkanes) is 25. The standard InChI is InChI=1S/C54H97O10P/c1-3-5-7-9-11-13-15-17-19-21-23-24-25-26-28-30-32-34-36-38-40-42-44-46-54(58)64-52(48-56)50-62-65(59,60)61-49-51(47-55)63-53(57)45-43-41-39-37-35-33-31-29-27-22-20-18-16-14-12-10-8-6-4-2/h12,14-15,17-18,20-21,23,27,29,51-52,55-56H,3-11,13,16,19,22,24-26,28,30-50H2,1-2H3,(H,59,60)/b14-12-,17-15-,20-18-,23-21-,29-27-. The zero-order valence-corrected chi connectivity index (χ0v) is 42.3. The number of carbonyl (C=O) groups excluding carboxylic acids is 2. The van der Waals surface area contributed by atoms with Crippen molar-refractivity contribution in [3.8, 4) is 0 Å². The van der Waals surface area contributed by atoms with Crippen LogP contribution in [-0.4, -0.2) is 65.7 Å². The van der Waals surface area contributed by atoms with Crippen LogP contribution in [0.15, 0.2) is 60.8 Å². The van der Waals surface area contributed by atoms with Gasteiger partial charge in [0, 0.05) is 12.8 Å². The Morgan fingerprint density at radius 2 is 0.677 bits per heavy atom. The molecule has 0 aliphatic rings. The molecule has 0 saturated heterocycles. The Morgan fingerprint density at radius 1 is 0.415 bits per heavy atom. The Balaban J connectivity index is 3.85. The molecule has 0 amide bonds. The Hall–Kier alpha value is -2.33. The van der Waals surface area contributed by atoms with E-state index in [0.29, 0.717) is 12.8 Å². The molecule has 65 heavy (non-hydrogen) atoms. The third-order valence-electron chi connectivity index (χ3n) is 11.2. The molecule has 0 aliphatic carbocycles. The zero-order chi connectivity index (χ0) is 47.6. The molecule has 10 nitrogen and oxygen atoms in total. The molecule has 0 radical (unpaired) electrons. The van der Waals surface area contributed by atoms with Gasteiger partial charge in [0.05, 0.1) is 26.4 Å². The normalized spacial score (nSPS) is 14.1. The molecule has 0 aromatic heterocycles. The van der Waals surface area contributed by atoms with Gasteiger partial charge in [0.25, 0.3) is 0 Å². The van der Waals surface area contributed by atoms with Crippen molar-refractivity contribution in [2.24, 2.45) is 0 Å². The molecule has 0 aliphatic heterocycles. The summed E-state index contributed by atoms with van der Waals surface area (Å²) in [7, 11) is -4.65. The van der Waals surface area contributed by atoms with Crippen LogP contribution in [0.1, 0.15) is 232 Å². The minimum absolute atomic E-state index is 0.176. The van der Waals surface area contributed by atoms with Crippen LogP contribution in [0.2, 0.25) is 0 Å². The number of ether oxygens (including phenoxy) is 2. The summed E-state index contributed by atoms with van der Waals surface area (Å²) in [5.74, 6) is -1.03. The van der Waals surface area contributed by atoms with Gasteiger partial charge in [-0.1, -0.05) is 197 Å². The highest BCUT2D eigenvalue weighted by atomic mass is 31.2. The molecular formula is C54H97O10P. The molecule has 0 bridgehead atoms. The number of phosphoric acid groups is 1. The van der Waals surface area contributed by atoms with E-state index in [0.717, 1.165) is 77.0 Å². The molecule has 3 unspecified atom stereocenters. The van der Waals surface area contributed by atoms with Gasteiger partial charge < -0.3 is 24.6 Å². The quantitative estimate of drug-likeness (QED) is 0.0233. The highest BCUT2D eigenvalue weighted by Crippen LogP contribution is 2.43. The summed E-state index contributed by atoms with van der Waals surface area (Å²) in [5.41, 5.74) is 0. The van der Waals surface area contributed by atoms with Gasteiger partial charge >= 0.3 is 19.8 Å². The number of hydrogen-bond acceptors (Lipinski definition) is 9. The van der Waals surface area contributed by atoms with Crippen LogP contribution in [0.5, 0.6) is 0 Å². The van der Waals surface area contributed by atoms with Crippen LogP contribution in [0.4, 0.5) is 0 Å². The number of aliphatic hydroxyl groups is 2. The van der Waals surface area contributed by atoms with Crippen LogP contribution in [0.25, 0.3) is 0 Å². The maximum Gasteiger partial charge on any atom is 0.472 e. The maximum absolute atomic E-state index is 12.4. The fourth-order valence-corrected chi connectivity index (χ4v) is 7.94. The van der Waals surface area contributed by atoms with Crippen molar-refractivity contribution in [1.82, 2.24) is 0 Å². The number of carbonyl (C=O) groups is 2. The lowest BCUT2D eigenvalue weighted by Gasteiger charge is -2.20.